The third-order valence-corrected chi connectivity index (χ3v) is 2.85. The van der Waals surface area contributed by atoms with Crippen molar-refractivity contribution in [3.05, 3.63) is 11.4 Å². The second kappa shape index (κ2) is 4.63. The second-order valence-electron chi connectivity index (χ2n) is 4.43. The molecule has 1 N–H and O–H groups in total. The van der Waals surface area contributed by atoms with Crippen molar-refractivity contribution in [3.8, 4) is 0 Å². The standard InChI is InChI=1S/C11H17N3O2/c1-2-3-10-9(6-11(15)16)12-13-14(10)7-8-4-5-8/h8H,2-7H2,1H3,(H,15,16). The van der Waals surface area contributed by atoms with Gasteiger partial charge >= 0.3 is 5.97 Å². The van der Waals surface area contributed by atoms with Crippen LogP contribution in [-0.4, -0.2) is 26.1 Å². The highest BCUT2D eigenvalue weighted by Gasteiger charge is 2.24. The van der Waals surface area contributed by atoms with E-state index >= 15 is 0 Å². The molecule has 1 fully saturated rings. The van der Waals surface area contributed by atoms with E-state index in [1.807, 2.05) is 4.68 Å². The first-order chi connectivity index (χ1) is 7.70. The molecule has 2 rings (SSSR count). The van der Waals surface area contributed by atoms with Gasteiger partial charge in [0.1, 0.15) is 0 Å². The Morgan fingerprint density at radius 3 is 2.88 bits per heavy atom. The van der Waals surface area contributed by atoms with Gasteiger partial charge in [0.05, 0.1) is 17.8 Å². The molecule has 1 aliphatic rings. The molecule has 1 saturated carbocycles. The minimum atomic E-state index is -0.837. The zero-order chi connectivity index (χ0) is 11.5. The number of carbonyl (C=O) groups is 1. The molecule has 5 nitrogen and oxygen atoms in total. The summed E-state index contributed by atoms with van der Waals surface area (Å²) in [5.41, 5.74) is 1.65. The first-order valence-electron chi connectivity index (χ1n) is 5.83. The highest BCUT2D eigenvalue weighted by Crippen LogP contribution is 2.31. The molecular weight excluding hydrogens is 206 g/mol. The lowest BCUT2D eigenvalue weighted by atomic mass is 10.1. The van der Waals surface area contributed by atoms with E-state index in [4.69, 9.17) is 5.11 Å². The number of nitrogens with zero attached hydrogens (tertiary/aromatic N) is 3. The Labute approximate surface area is 94.5 Å². The smallest absolute Gasteiger partial charge is 0.309 e. The normalized spacial score (nSPS) is 15.3. The molecule has 0 bridgehead atoms. The zero-order valence-electron chi connectivity index (χ0n) is 9.52. The van der Waals surface area contributed by atoms with Crippen molar-refractivity contribution in [3.63, 3.8) is 0 Å². The fraction of sp³-hybridized carbons (Fsp3) is 0.727. The summed E-state index contributed by atoms with van der Waals surface area (Å²) < 4.78 is 1.90. The fourth-order valence-electron chi connectivity index (χ4n) is 1.85. The molecule has 0 aliphatic heterocycles. The van der Waals surface area contributed by atoms with Crippen LogP contribution >= 0.6 is 0 Å². The van der Waals surface area contributed by atoms with Gasteiger partial charge in [-0.05, 0) is 25.2 Å². The van der Waals surface area contributed by atoms with Gasteiger partial charge in [0.15, 0.2) is 0 Å². The minimum Gasteiger partial charge on any atom is -0.481 e. The molecule has 1 aliphatic carbocycles. The summed E-state index contributed by atoms with van der Waals surface area (Å²) in [6.07, 6.45) is 4.37. The van der Waals surface area contributed by atoms with Crippen LogP contribution in [0.3, 0.4) is 0 Å². The molecule has 0 aromatic carbocycles. The summed E-state index contributed by atoms with van der Waals surface area (Å²) in [7, 11) is 0. The Kier molecular flexibility index (Phi) is 3.22. The summed E-state index contributed by atoms with van der Waals surface area (Å²) in [4.78, 5) is 10.7. The maximum absolute atomic E-state index is 10.7. The SMILES string of the molecule is CCCc1c(CC(=O)O)nnn1CC1CC1. The van der Waals surface area contributed by atoms with Crippen LogP contribution in [0.4, 0.5) is 0 Å². The lowest BCUT2D eigenvalue weighted by Crippen LogP contribution is -2.09. The second-order valence-corrected chi connectivity index (χ2v) is 4.43. The number of carboxylic acids is 1. The predicted molar refractivity (Wildman–Crippen MR) is 58.1 cm³/mol. The van der Waals surface area contributed by atoms with Crippen LogP contribution in [0.25, 0.3) is 0 Å². The van der Waals surface area contributed by atoms with Crippen molar-refractivity contribution in [1.29, 1.82) is 0 Å². The number of rotatable bonds is 6. The molecule has 88 valence electrons. The number of hydrogen-bond donors (Lipinski definition) is 1. The molecule has 1 heterocycles. The average molecular weight is 223 g/mol. The van der Waals surface area contributed by atoms with Crippen LogP contribution in [0.15, 0.2) is 0 Å². The number of carboxylic acid groups (broad SMARTS) is 1. The maximum Gasteiger partial charge on any atom is 0.309 e. The van der Waals surface area contributed by atoms with Crippen LogP contribution in [0.5, 0.6) is 0 Å². The Balaban J connectivity index is 2.15. The summed E-state index contributed by atoms with van der Waals surface area (Å²) in [6, 6.07) is 0. The Bertz CT molecular complexity index is 383. The summed E-state index contributed by atoms with van der Waals surface area (Å²) in [5.74, 6) is -0.106. The van der Waals surface area contributed by atoms with Gasteiger partial charge in [-0.25, -0.2) is 4.68 Å². The van der Waals surface area contributed by atoms with Crippen LogP contribution < -0.4 is 0 Å². The number of hydrogen-bond acceptors (Lipinski definition) is 3. The van der Waals surface area contributed by atoms with Gasteiger partial charge in [0.25, 0.3) is 0 Å². The largest absolute Gasteiger partial charge is 0.481 e. The number of aromatic nitrogens is 3. The monoisotopic (exact) mass is 223 g/mol. The van der Waals surface area contributed by atoms with Gasteiger partial charge in [0, 0.05) is 6.54 Å². The topological polar surface area (TPSA) is 68.0 Å². The zero-order valence-corrected chi connectivity index (χ0v) is 9.52. The van der Waals surface area contributed by atoms with Crippen molar-refractivity contribution in [2.75, 3.05) is 0 Å². The van der Waals surface area contributed by atoms with Crippen LogP contribution in [0.2, 0.25) is 0 Å². The molecule has 1 aromatic heterocycles. The molecule has 0 spiro atoms. The van der Waals surface area contributed by atoms with E-state index in [2.05, 4.69) is 17.2 Å². The summed E-state index contributed by atoms with van der Waals surface area (Å²) >= 11 is 0. The minimum absolute atomic E-state index is 0.0139. The molecule has 0 saturated heterocycles. The van der Waals surface area contributed by atoms with Gasteiger partial charge in [-0.15, -0.1) is 5.10 Å². The average Bonchev–Trinajstić information content (AvgIpc) is 2.96. The van der Waals surface area contributed by atoms with E-state index in [0.717, 1.165) is 31.0 Å². The molecule has 5 heteroatoms. The van der Waals surface area contributed by atoms with E-state index in [1.165, 1.54) is 12.8 Å². The van der Waals surface area contributed by atoms with E-state index in [9.17, 15) is 4.79 Å². The van der Waals surface area contributed by atoms with Gasteiger partial charge in [-0.3, -0.25) is 4.79 Å². The molecule has 16 heavy (non-hydrogen) atoms. The quantitative estimate of drug-likeness (QED) is 0.788. The Morgan fingerprint density at radius 1 is 1.56 bits per heavy atom. The van der Waals surface area contributed by atoms with Crippen LogP contribution in [-0.2, 0) is 24.2 Å². The van der Waals surface area contributed by atoms with Crippen molar-refractivity contribution in [2.45, 2.75) is 45.6 Å². The highest BCUT2D eigenvalue weighted by atomic mass is 16.4. The Morgan fingerprint density at radius 2 is 2.31 bits per heavy atom. The first kappa shape index (κ1) is 11.1. The summed E-state index contributed by atoms with van der Waals surface area (Å²) in [5, 5.41) is 16.8. The van der Waals surface area contributed by atoms with E-state index in [1.54, 1.807) is 0 Å². The van der Waals surface area contributed by atoms with Crippen molar-refractivity contribution >= 4 is 5.97 Å². The van der Waals surface area contributed by atoms with Gasteiger partial charge in [-0.2, -0.15) is 0 Å². The van der Waals surface area contributed by atoms with Gasteiger partial charge < -0.3 is 5.11 Å². The lowest BCUT2D eigenvalue weighted by Gasteiger charge is -2.05. The number of aliphatic carboxylic acids is 1. The third-order valence-electron chi connectivity index (χ3n) is 2.85. The van der Waals surface area contributed by atoms with Crippen molar-refractivity contribution < 1.29 is 9.90 Å². The highest BCUT2D eigenvalue weighted by molar-refractivity contribution is 5.69. The summed E-state index contributed by atoms with van der Waals surface area (Å²) in [6.45, 7) is 2.99. The van der Waals surface area contributed by atoms with Crippen LogP contribution in [0.1, 0.15) is 37.6 Å². The molecular formula is C11H17N3O2. The van der Waals surface area contributed by atoms with Crippen molar-refractivity contribution in [1.82, 2.24) is 15.0 Å². The molecule has 0 radical (unpaired) electrons. The van der Waals surface area contributed by atoms with Gasteiger partial charge in [0.2, 0.25) is 0 Å². The molecule has 0 amide bonds. The Hall–Kier alpha value is -1.39. The first-order valence-corrected chi connectivity index (χ1v) is 5.83. The van der Waals surface area contributed by atoms with Gasteiger partial charge in [-0.1, -0.05) is 18.6 Å². The van der Waals surface area contributed by atoms with E-state index in [0.29, 0.717) is 5.69 Å². The predicted octanol–water partition coefficient (Wildman–Crippen LogP) is 1.27. The van der Waals surface area contributed by atoms with E-state index in [-0.39, 0.29) is 6.42 Å². The van der Waals surface area contributed by atoms with Crippen molar-refractivity contribution in [2.24, 2.45) is 5.92 Å². The third kappa shape index (κ3) is 2.59. The van der Waals surface area contributed by atoms with Crippen LogP contribution in [0, 0.1) is 5.92 Å². The lowest BCUT2D eigenvalue weighted by molar-refractivity contribution is -0.136. The molecule has 1 aromatic rings. The molecule has 0 unspecified atom stereocenters. The van der Waals surface area contributed by atoms with E-state index < -0.39 is 5.97 Å². The maximum atomic E-state index is 10.7. The molecule has 0 atom stereocenters. The fourth-order valence-corrected chi connectivity index (χ4v) is 1.85.